The van der Waals surface area contributed by atoms with Gasteiger partial charge in [-0.25, -0.2) is 9.97 Å². The molecule has 2 N–H and O–H groups in total. The summed E-state index contributed by atoms with van der Waals surface area (Å²) < 4.78 is 2.12. The van der Waals surface area contributed by atoms with Gasteiger partial charge in [-0.05, 0) is 12.8 Å². The minimum absolute atomic E-state index is 0.409. The van der Waals surface area contributed by atoms with Gasteiger partial charge in [0.1, 0.15) is 11.5 Å². The molecule has 0 aromatic carbocycles. The van der Waals surface area contributed by atoms with Gasteiger partial charge in [-0.1, -0.05) is 6.42 Å². The van der Waals surface area contributed by atoms with Crippen molar-refractivity contribution in [1.82, 2.24) is 24.7 Å². The average Bonchev–Trinajstić information content (AvgIpc) is 2.59. The number of nitrogens with zero attached hydrogens (tertiary/aromatic N) is 5. The quantitative estimate of drug-likeness (QED) is 0.791. The Bertz CT molecular complexity index is 533. The molecule has 17 heavy (non-hydrogen) atoms. The molecule has 2 aromatic rings. The molecule has 0 radical (unpaired) electrons. The maximum Gasteiger partial charge on any atom is 0.186 e. The highest BCUT2D eigenvalue weighted by Gasteiger charge is 2.18. The molecule has 3 heterocycles. The molecule has 3 rings (SSSR count). The molecule has 0 aliphatic carbocycles. The van der Waals surface area contributed by atoms with Crippen LogP contribution >= 0.6 is 0 Å². The monoisotopic (exact) mass is 230 g/mol. The Hall–Kier alpha value is -1.98. The van der Waals surface area contributed by atoms with Gasteiger partial charge in [0.25, 0.3) is 0 Å². The summed E-state index contributed by atoms with van der Waals surface area (Å²) in [6.07, 6.45) is 7.75. The molecule has 6 nitrogen and oxygen atoms in total. The van der Waals surface area contributed by atoms with Crippen LogP contribution in [0.4, 0.5) is 5.82 Å². The van der Waals surface area contributed by atoms with Gasteiger partial charge < -0.3 is 10.3 Å². The second-order valence-corrected chi connectivity index (χ2v) is 4.19. The summed E-state index contributed by atoms with van der Waals surface area (Å²) in [4.78, 5) is 8.29. The highest BCUT2D eigenvalue weighted by atomic mass is 15.3. The molecule has 0 unspecified atom stereocenters. The molecule has 0 atom stereocenters. The number of rotatable bonds is 1. The third-order valence-corrected chi connectivity index (χ3v) is 3.05. The second kappa shape index (κ2) is 4.12. The van der Waals surface area contributed by atoms with Gasteiger partial charge in [-0.15, -0.1) is 10.2 Å². The maximum atomic E-state index is 5.83. The minimum Gasteiger partial charge on any atom is -0.382 e. The van der Waals surface area contributed by atoms with E-state index < -0.39 is 0 Å². The third-order valence-electron chi connectivity index (χ3n) is 3.05. The van der Waals surface area contributed by atoms with Gasteiger partial charge in [0, 0.05) is 25.4 Å². The fraction of sp³-hybridized carbons (Fsp3) is 0.455. The molecule has 0 saturated heterocycles. The Morgan fingerprint density at radius 2 is 1.94 bits per heavy atom. The maximum absolute atomic E-state index is 5.83. The van der Waals surface area contributed by atoms with Gasteiger partial charge in [0.15, 0.2) is 11.6 Å². The van der Waals surface area contributed by atoms with Crippen molar-refractivity contribution in [3.8, 4) is 11.5 Å². The van der Waals surface area contributed by atoms with E-state index in [2.05, 4.69) is 24.7 Å². The smallest absolute Gasteiger partial charge is 0.186 e. The summed E-state index contributed by atoms with van der Waals surface area (Å²) in [5.41, 5.74) is 6.46. The van der Waals surface area contributed by atoms with Crippen LogP contribution in [0.3, 0.4) is 0 Å². The van der Waals surface area contributed by atoms with E-state index in [0.29, 0.717) is 11.5 Å². The lowest BCUT2D eigenvalue weighted by Crippen LogP contribution is -2.06. The Kier molecular flexibility index (Phi) is 2.47. The van der Waals surface area contributed by atoms with E-state index in [-0.39, 0.29) is 0 Å². The third kappa shape index (κ3) is 1.75. The predicted molar refractivity (Wildman–Crippen MR) is 63.0 cm³/mol. The van der Waals surface area contributed by atoms with Crippen molar-refractivity contribution >= 4 is 5.82 Å². The summed E-state index contributed by atoms with van der Waals surface area (Å²) >= 11 is 0. The topological polar surface area (TPSA) is 82.5 Å². The summed E-state index contributed by atoms with van der Waals surface area (Å²) in [5, 5.41) is 8.42. The second-order valence-electron chi connectivity index (χ2n) is 4.19. The fourth-order valence-corrected chi connectivity index (χ4v) is 2.18. The Morgan fingerprint density at radius 3 is 2.82 bits per heavy atom. The number of hydrogen-bond acceptors (Lipinski definition) is 5. The first-order valence-electron chi connectivity index (χ1n) is 5.85. The fourth-order valence-electron chi connectivity index (χ4n) is 2.18. The zero-order valence-corrected chi connectivity index (χ0v) is 9.50. The summed E-state index contributed by atoms with van der Waals surface area (Å²) in [6, 6.07) is 0. The van der Waals surface area contributed by atoms with Crippen molar-refractivity contribution in [2.45, 2.75) is 32.2 Å². The normalized spacial score (nSPS) is 15.3. The van der Waals surface area contributed by atoms with Crippen molar-refractivity contribution in [3.05, 3.63) is 18.2 Å². The molecule has 6 heteroatoms. The van der Waals surface area contributed by atoms with Crippen LogP contribution in [-0.2, 0) is 13.0 Å². The van der Waals surface area contributed by atoms with E-state index in [1.165, 1.54) is 12.8 Å². The Balaban J connectivity index is 2.10. The highest BCUT2D eigenvalue weighted by Crippen LogP contribution is 2.23. The van der Waals surface area contributed by atoms with Crippen LogP contribution in [0.15, 0.2) is 12.4 Å². The minimum atomic E-state index is 0.409. The van der Waals surface area contributed by atoms with Gasteiger partial charge >= 0.3 is 0 Å². The van der Waals surface area contributed by atoms with Crippen molar-refractivity contribution in [2.24, 2.45) is 0 Å². The zero-order chi connectivity index (χ0) is 11.7. The summed E-state index contributed by atoms with van der Waals surface area (Å²) in [6.45, 7) is 0.938. The van der Waals surface area contributed by atoms with Crippen LogP contribution in [0.25, 0.3) is 11.5 Å². The zero-order valence-electron chi connectivity index (χ0n) is 9.50. The lowest BCUT2D eigenvalue weighted by Gasteiger charge is -2.06. The van der Waals surface area contributed by atoms with Gasteiger partial charge in [-0.2, -0.15) is 0 Å². The molecular weight excluding hydrogens is 216 g/mol. The molecule has 1 aliphatic rings. The first-order valence-corrected chi connectivity index (χ1v) is 5.85. The van der Waals surface area contributed by atoms with E-state index >= 15 is 0 Å². The SMILES string of the molecule is Nc1nccnc1-c1nnc2n1CCCCC2. The summed E-state index contributed by atoms with van der Waals surface area (Å²) in [5.74, 6) is 2.18. The number of aromatic nitrogens is 5. The van der Waals surface area contributed by atoms with Crippen molar-refractivity contribution in [1.29, 1.82) is 0 Å². The number of nitrogens with two attached hydrogens (primary N) is 1. The van der Waals surface area contributed by atoms with Crippen LogP contribution in [0.1, 0.15) is 25.1 Å². The number of nitrogen functional groups attached to an aromatic ring is 1. The van der Waals surface area contributed by atoms with Crippen LogP contribution in [0.2, 0.25) is 0 Å². The molecule has 0 saturated carbocycles. The van der Waals surface area contributed by atoms with Gasteiger partial charge in [0.2, 0.25) is 0 Å². The predicted octanol–water partition coefficient (Wildman–Crippen LogP) is 1.04. The van der Waals surface area contributed by atoms with E-state index in [4.69, 9.17) is 5.73 Å². The highest BCUT2D eigenvalue weighted by molar-refractivity contribution is 5.63. The number of anilines is 1. The lowest BCUT2D eigenvalue weighted by molar-refractivity contribution is 0.636. The lowest BCUT2D eigenvalue weighted by atomic mass is 10.2. The molecule has 0 bridgehead atoms. The largest absolute Gasteiger partial charge is 0.382 e. The standard InChI is InChI=1S/C11H14N6/c12-10-9(13-5-6-14-10)11-16-15-8-4-2-1-3-7-17(8)11/h5-6H,1-4,7H2,(H2,12,14). The van der Waals surface area contributed by atoms with Crippen LogP contribution in [0.5, 0.6) is 0 Å². The Labute approximate surface area is 98.9 Å². The number of hydrogen-bond donors (Lipinski definition) is 1. The van der Waals surface area contributed by atoms with Crippen molar-refractivity contribution in [3.63, 3.8) is 0 Å². The van der Waals surface area contributed by atoms with Crippen LogP contribution in [0, 0.1) is 0 Å². The number of fused-ring (bicyclic) bond motifs is 1. The molecule has 0 fully saturated rings. The van der Waals surface area contributed by atoms with Gasteiger partial charge in [0.05, 0.1) is 0 Å². The first kappa shape index (κ1) is 10.2. The average molecular weight is 230 g/mol. The van der Waals surface area contributed by atoms with E-state index in [0.717, 1.165) is 31.0 Å². The van der Waals surface area contributed by atoms with Crippen molar-refractivity contribution in [2.75, 3.05) is 5.73 Å². The molecule has 0 amide bonds. The van der Waals surface area contributed by atoms with Gasteiger partial charge in [-0.3, -0.25) is 0 Å². The van der Waals surface area contributed by atoms with Crippen molar-refractivity contribution < 1.29 is 0 Å². The first-order chi connectivity index (χ1) is 8.36. The molecule has 2 aromatic heterocycles. The Morgan fingerprint density at radius 1 is 1.06 bits per heavy atom. The van der Waals surface area contributed by atoms with Crippen LogP contribution < -0.4 is 5.73 Å². The van der Waals surface area contributed by atoms with Crippen LogP contribution in [-0.4, -0.2) is 24.7 Å². The molecule has 88 valence electrons. The van der Waals surface area contributed by atoms with E-state index in [1.807, 2.05) is 0 Å². The summed E-state index contributed by atoms with van der Waals surface area (Å²) in [7, 11) is 0. The molecular formula is C11H14N6. The van der Waals surface area contributed by atoms with E-state index in [1.54, 1.807) is 12.4 Å². The molecule has 1 aliphatic heterocycles. The van der Waals surface area contributed by atoms with E-state index in [9.17, 15) is 0 Å². The molecule has 0 spiro atoms. The number of aryl methyl sites for hydroxylation is 1.